The molecule has 8 heteroatoms. The van der Waals surface area contributed by atoms with Crippen LogP contribution in [0.3, 0.4) is 0 Å². The maximum Gasteiger partial charge on any atom is 0.273 e. The van der Waals surface area contributed by atoms with Crippen molar-refractivity contribution >= 4 is 5.91 Å². The molecule has 8 nitrogen and oxygen atoms in total. The molecule has 3 rings (SSSR count). The third-order valence-corrected chi connectivity index (χ3v) is 5.28. The number of hydrogen-bond donors (Lipinski definition) is 2. The van der Waals surface area contributed by atoms with Crippen molar-refractivity contribution in [2.24, 2.45) is 0 Å². The zero-order chi connectivity index (χ0) is 17.9. The van der Waals surface area contributed by atoms with Crippen molar-refractivity contribution in [2.45, 2.75) is 45.2 Å². The van der Waals surface area contributed by atoms with Gasteiger partial charge in [-0.2, -0.15) is 0 Å². The van der Waals surface area contributed by atoms with Crippen molar-refractivity contribution in [3.8, 4) is 0 Å². The monoisotopic (exact) mass is 350 g/mol. The Morgan fingerprint density at radius 3 is 2.88 bits per heavy atom. The zero-order valence-electron chi connectivity index (χ0n) is 15.5. The summed E-state index contributed by atoms with van der Waals surface area (Å²) in [6, 6.07) is 0.337. The molecule has 0 spiro atoms. The fraction of sp³-hybridized carbons (Fsp3) is 0.824. The second kappa shape index (κ2) is 7.80. The number of nitrogens with zero attached hydrogens (tertiary/aromatic N) is 4. The van der Waals surface area contributed by atoms with Crippen LogP contribution in [0.4, 0.5) is 0 Å². The Bertz CT molecular complexity index is 594. The van der Waals surface area contributed by atoms with Gasteiger partial charge in [0, 0.05) is 25.2 Å². The average molecular weight is 350 g/mol. The van der Waals surface area contributed by atoms with Crippen molar-refractivity contribution in [1.29, 1.82) is 0 Å². The SMILES string of the molecule is Cc1c(C(=O)NCCN2CCOCC2(C)C)nnn1C1CCNCC1. The molecule has 2 aliphatic rings. The van der Waals surface area contributed by atoms with Gasteiger partial charge >= 0.3 is 0 Å². The van der Waals surface area contributed by atoms with Crippen LogP contribution in [-0.2, 0) is 4.74 Å². The summed E-state index contributed by atoms with van der Waals surface area (Å²) in [4.78, 5) is 14.8. The number of carbonyl (C=O) groups excluding carboxylic acids is 1. The van der Waals surface area contributed by atoms with Crippen LogP contribution in [0.25, 0.3) is 0 Å². The van der Waals surface area contributed by atoms with Gasteiger partial charge in [-0.05, 0) is 46.7 Å². The number of morpholine rings is 1. The Labute approximate surface area is 149 Å². The highest BCUT2D eigenvalue weighted by molar-refractivity contribution is 5.93. The van der Waals surface area contributed by atoms with Crippen molar-refractivity contribution in [2.75, 3.05) is 45.9 Å². The smallest absolute Gasteiger partial charge is 0.273 e. The molecule has 1 amide bonds. The maximum absolute atomic E-state index is 12.5. The molecule has 0 unspecified atom stereocenters. The number of piperidine rings is 1. The molecule has 140 valence electrons. The molecular weight excluding hydrogens is 320 g/mol. The molecule has 2 saturated heterocycles. The quantitative estimate of drug-likeness (QED) is 0.797. The van der Waals surface area contributed by atoms with Gasteiger partial charge < -0.3 is 15.4 Å². The summed E-state index contributed by atoms with van der Waals surface area (Å²) in [6.07, 6.45) is 2.05. The molecule has 2 fully saturated rings. The van der Waals surface area contributed by atoms with E-state index in [2.05, 4.69) is 39.7 Å². The van der Waals surface area contributed by atoms with Crippen molar-refractivity contribution in [1.82, 2.24) is 30.5 Å². The molecule has 0 radical (unpaired) electrons. The second-order valence-corrected chi connectivity index (χ2v) is 7.56. The predicted octanol–water partition coefficient (Wildman–Crippen LogP) is 0.352. The molecular formula is C17H30N6O2. The van der Waals surface area contributed by atoms with Crippen molar-refractivity contribution < 1.29 is 9.53 Å². The molecule has 25 heavy (non-hydrogen) atoms. The van der Waals surface area contributed by atoms with E-state index in [1.54, 1.807) is 0 Å². The number of rotatable bonds is 5. The lowest BCUT2D eigenvalue weighted by Gasteiger charge is -2.42. The molecule has 2 aliphatic heterocycles. The van der Waals surface area contributed by atoms with Gasteiger partial charge in [-0.3, -0.25) is 9.69 Å². The minimum absolute atomic E-state index is 0.0110. The van der Waals surface area contributed by atoms with E-state index in [0.717, 1.165) is 57.9 Å². The van der Waals surface area contributed by atoms with Gasteiger partial charge in [0.05, 0.1) is 24.9 Å². The van der Waals surface area contributed by atoms with E-state index in [1.165, 1.54) is 0 Å². The lowest BCUT2D eigenvalue weighted by Crippen LogP contribution is -2.54. The lowest BCUT2D eigenvalue weighted by atomic mass is 10.0. The number of aromatic nitrogens is 3. The van der Waals surface area contributed by atoms with E-state index >= 15 is 0 Å². The first-order valence-electron chi connectivity index (χ1n) is 9.22. The van der Waals surface area contributed by atoms with Gasteiger partial charge in [-0.15, -0.1) is 5.10 Å². The third kappa shape index (κ3) is 4.19. The summed E-state index contributed by atoms with van der Waals surface area (Å²) < 4.78 is 7.45. The Morgan fingerprint density at radius 1 is 1.40 bits per heavy atom. The van der Waals surface area contributed by atoms with Crippen molar-refractivity contribution in [3.05, 3.63) is 11.4 Å². The Balaban J connectivity index is 1.54. The highest BCUT2D eigenvalue weighted by atomic mass is 16.5. The van der Waals surface area contributed by atoms with Crippen LogP contribution in [0.2, 0.25) is 0 Å². The first-order valence-corrected chi connectivity index (χ1v) is 9.22. The number of ether oxygens (including phenoxy) is 1. The number of carbonyl (C=O) groups is 1. The molecule has 0 atom stereocenters. The van der Waals surface area contributed by atoms with Crippen molar-refractivity contribution in [3.63, 3.8) is 0 Å². The van der Waals surface area contributed by atoms with Crippen LogP contribution in [0.1, 0.15) is 48.9 Å². The Kier molecular flexibility index (Phi) is 5.71. The zero-order valence-corrected chi connectivity index (χ0v) is 15.5. The molecule has 0 aromatic carbocycles. The Morgan fingerprint density at radius 2 is 2.16 bits per heavy atom. The van der Waals surface area contributed by atoms with E-state index in [4.69, 9.17) is 4.74 Å². The normalized spacial score (nSPS) is 22.0. The fourth-order valence-electron chi connectivity index (χ4n) is 3.64. The summed E-state index contributed by atoms with van der Waals surface area (Å²) >= 11 is 0. The minimum Gasteiger partial charge on any atom is -0.378 e. The molecule has 1 aromatic heterocycles. The predicted molar refractivity (Wildman–Crippen MR) is 94.7 cm³/mol. The maximum atomic E-state index is 12.5. The van der Waals surface area contributed by atoms with Crippen LogP contribution in [-0.4, -0.2) is 77.3 Å². The molecule has 0 bridgehead atoms. The summed E-state index contributed by atoms with van der Waals surface area (Å²) in [7, 11) is 0. The lowest BCUT2D eigenvalue weighted by molar-refractivity contribution is -0.0498. The molecule has 2 N–H and O–H groups in total. The summed E-state index contributed by atoms with van der Waals surface area (Å²) in [6.45, 7) is 12.0. The molecule has 3 heterocycles. The Hall–Kier alpha value is -1.51. The minimum atomic E-state index is -0.135. The number of nitrogens with one attached hydrogen (secondary N) is 2. The third-order valence-electron chi connectivity index (χ3n) is 5.28. The first kappa shape index (κ1) is 18.3. The largest absolute Gasteiger partial charge is 0.378 e. The van der Waals surface area contributed by atoms with E-state index in [9.17, 15) is 4.79 Å². The summed E-state index contributed by atoms with van der Waals surface area (Å²) in [5.41, 5.74) is 1.31. The second-order valence-electron chi connectivity index (χ2n) is 7.56. The molecule has 0 aliphatic carbocycles. The van der Waals surface area contributed by atoms with Crippen LogP contribution in [0, 0.1) is 6.92 Å². The van der Waals surface area contributed by atoms with Gasteiger partial charge in [0.1, 0.15) is 0 Å². The number of amides is 1. The standard InChI is InChI=1S/C17H30N6O2/c1-13-15(20-21-23(13)14-4-6-18-7-5-14)16(24)19-8-9-22-10-11-25-12-17(22,2)3/h14,18H,4-12H2,1-3H3,(H,19,24). The van der Waals surface area contributed by atoms with E-state index in [1.807, 2.05) is 11.6 Å². The van der Waals surface area contributed by atoms with Gasteiger partial charge in [-0.1, -0.05) is 5.21 Å². The summed E-state index contributed by atoms with van der Waals surface area (Å²) in [5.74, 6) is -0.135. The molecule has 1 aromatic rings. The van der Waals surface area contributed by atoms with Gasteiger partial charge in [0.15, 0.2) is 5.69 Å². The summed E-state index contributed by atoms with van der Waals surface area (Å²) in [5, 5.41) is 14.7. The topological polar surface area (TPSA) is 84.3 Å². The first-order chi connectivity index (χ1) is 12.0. The fourth-order valence-corrected chi connectivity index (χ4v) is 3.64. The molecule has 0 saturated carbocycles. The van der Waals surface area contributed by atoms with E-state index in [0.29, 0.717) is 18.3 Å². The van der Waals surface area contributed by atoms with E-state index in [-0.39, 0.29) is 11.4 Å². The van der Waals surface area contributed by atoms with E-state index < -0.39 is 0 Å². The van der Waals surface area contributed by atoms with Crippen LogP contribution in [0.5, 0.6) is 0 Å². The van der Waals surface area contributed by atoms with Crippen LogP contribution >= 0.6 is 0 Å². The highest BCUT2D eigenvalue weighted by Crippen LogP contribution is 2.20. The van der Waals surface area contributed by atoms with Crippen LogP contribution < -0.4 is 10.6 Å². The number of hydrogen-bond acceptors (Lipinski definition) is 6. The van der Waals surface area contributed by atoms with Gasteiger partial charge in [0.2, 0.25) is 0 Å². The van der Waals surface area contributed by atoms with Crippen LogP contribution in [0.15, 0.2) is 0 Å². The van der Waals surface area contributed by atoms with Gasteiger partial charge in [0.25, 0.3) is 5.91 Å². The van der Waals surface area contributed by atoms with Gasteiger partial charge in [-0.25, -0.2) is 4.68 Å². The average Bonchev–Trinajstić information content (AvgIpc) is 2.98. The highest BCUT2D eigenvalue weighted by Gasteiger charge is 2.30.